The minimum absolute atomic E-state index is 0.0185. The molecule has 0 saturated heterocycles. The number of rotatable bonds is 9. The van der Waals surface area contributed by atoms with Gasteiger partial charge in [-0.25, -0.2) is 4.79 Å². The van der Waals surface area contributed by atoms with Crippen LogP contribution in [0.5, 0.6) is 23.0 Å². The molecule has 0 aliphatic carbocycles. The van der Waals surface area contributed by atoms with Crippen LogP contribution in [0, 0.1) is 11.3 Å². The number of aryl methyl sites for hydroxylation is 1. The van der Waals surface area contributed by atoms with E-state index in [0.717, 1.165) is 17.5 Å². The predicted molar refractivity (Wildman–Crippen MR) is 160 cm³/mol. The Morgan fingerprint density at radius 2 is 1.62 bits per heavy atom. The molecule has 0 fully saturated rings. The molecular formula is C33H26Cl2N2O5. The van der Waals surface area contributed by atoms with Gasteiger partial charge in [0, 0.05) is 27.2 Å². The molecular weight excluding hydrogens is 575 g/mol. The van der Waals surface area contributed by atoms with Crippen LogP contribution >= 0.6 is 23.2 Å². The van der Waals surface area contributed by atoms with Gasteiger partial charge in [-0.3, -0.25) is 0 Å². The normalized spacial score (nSPS) is 13.9. The number of halogens is 2. The molecule has 212 valence electrons. The van der Waals surface area contributed by atoms with Gasteiger partial charge in [-0.1, -0.05) is 66.5 Å². The molecule has 1 unspecified atom stereocenters. The van der Waals surface area contributed by atoms with Gasteiger partial charge in [-0.05, 0) is 60.0 Å². The lowest BCUT2D eigenvalue weighted by Gasteiger charge is -2.26. The molecule has 0 bridgehead atoms. The van der Waals surface area contributed by atoms with Crippen LogP contribution in [0.15, 0.2) is 96.4 Å². The van der Waals surface area contributed by atoms with E-state index in [1.54, 1.807) is 30.3 Å². The molecule has 4 aromatic rings. The Balaban J connectivity index is 1.28. The van der Waals surface area contributed by atoms with Crippen LogP contribution in [0.25, 0.3) is 0 Å². The average molecular weight is 601 g/mol. The fraction of sp³-hybridized carbons (Fsp3) is 0.152. The number of carbonyl (C=O) groups excluding carboxylic acids is 1. The highest BCUT2D eigenvalue weighted by atomic mass is 35.5. The molecule has 1 heterocycles. The van der Waals surface area contributed by atoms with E-state index >= 15 is 0 Å². The molecule has 1 atom stereocenters. The molecule has 0 saturated carbocycles. The first-order chi connectivity index (χ1) is 20.3. The third-order valence-corrected chi connectivity index (χ3v) is 7.32. The Bertz CT molecular complexity index is 1680. The molecule has 1 aliphatic heterocycles. The molecule has 5 rings (SSSR count). The topological polar surface area (TPSA) is 104 Å². The zero-order chi connectivity index (χ0) is 29.6. The van der Waals surface area contributed by atoms with Gasteiger partial charge < -0.3 is 24.7 Å². The van der Waals surface area contributed by atoms with E-state index in [-0.39, 0.29) is 30.4 Å². The highest BCUT2D eigenvalue weighted by Crippen LogP contribution is 2.43. The van der Waals surface area contributed by atoms with Crippen molar-refractivity contribution in [2.24, 2.45) is 5.73 Å². The quantitative estimate of drug-likeness (QED) is 0.158. The molecule has 0 spiro atoms. The summed E-state index contributed by atoms with van der Waals surface area (Å²) in [5, 5.41) is 11.0. The molecule has 2 N–H and O–H groups in total. The van der Waals surface area contributed by atoms with Gasteiger partial charge >= 0.3 is 5.97 Å². The summed E-state index contributed by atoms with van der Waals surface area (Å²) in [4.78, 5) is 12.4. The zero-order valence-corrected chi connectivity index (χ0v) is 24.1. The number of nitrogens with two attached hydrogens (primary N) is 1. The molecule has 1 aliphatic rings. The summed E-state index contributed by atoms with van der Waals surface area (Å²) in [6.07, 6.45) is 0.916. The molecule has 0 amide bonds. The Labute approximate surface area is 253 Å². The van der Waals surface area contributed by atoms with Crippen molar-refractivity contribution in [2.75, 3.05) is 6.61 Å². The second-order valence-electron chi connectivity index (χ2n) is 9.48. The van der Waals surface area contributed by atoms with Crippen LogP contribution in [-0.4, -0.2) is 12.6 Å². The SMILES string of the molecule is CCc1ccc(OCC(=O)Oc2ccc3c(c2)OC(N)=C(C#N)C3c2ccc(OCc3ccc(Cl)cc3Cl)cc2)cc1. The molecule has 0 radical (unpaired) electrons. The van der Waals surface area contributed by atoms with E-state index in [9.17, 15) is 10.1 Å². The smallest absolute Gasteiger partial charge is 0.349 e. The van der Waals surface area contributed by atoms with Crippen molar-refractivity contribution in [1.82, 2.24) is 0 Å². The summed E-state index contributed by atoms with van der Waals surface area (Å²) < 4.78 is 22.7. The maximum Gasteiger partial charge on any atom is 0.349 e. The van der Waals surface area contributed by atoms with Crippen LogP contribution in [0.1, 0.15) is 35.1 Å². The molecule has 4 aromatic carbocycles. The van der Waals surface area contributed by atoms with Crippen molar-refractivity contribution in [1.29, 1.82) is 5.26 Å². The molecule has 0 aromatic heterocycles. The minimum Gasteiger partial charge on any atom is -0.489 e. The number of benzene rings is 4. The van der Waals surface area contributed by atoms with Crippen molar-refractivity contribution in [2.45, 2.75) is 25.9 Å². The van der Waals surface area contributed by atoms with Crippen molar-refractivity contribution in [3.05, 3.63) is 129 Å². The van der Waals surface area contributed by atoms with Gasteiger partial charge in [0.15, 0.2) is 6.61 Å². The maximum absolute atomic E-state index is 12.4. The first-order valence-corrected chi connectivity index (χ1v) is 13.9. The van der Waals surface area contributed by atoms with E-state index in [1.807, 2.05) is 54.6 Å². The lowest BCUT2D eigenvalue weighted by atomic mass is 9.83. The largest absolute Gasteiger partial charge is 0.489 e. The number of ether oxygens (including phenoxy) is 4. The molecule has 42 heavy (non-hydrogen) atoms. The number of carbonyl (C=O) groups is 1. The van der Waals surface area contributed by atoms with Crippen molar-refractivity contribution in [3.63, 3.8) is 0 Å². The standard InChI is InChI=1S/C33H26Cl2N2O5/c1-2-20-3-9-24(10-4-20)40-19-31(38)41-26-13-14-27-30(16-26)42-33(37)28(17-36)32(27)21-6-11-25(12-7-21)39-18-22-5-8-23(34)15-29(22)35/h3-16,32H,2,18-19,37H2,1H3. The highest BCUT2D eigenvalue weighted by Gasteiger charge is 2.31. The van der Waals surface area contributed by atoms with Crippen molar-refractivity contribution >= 4 is 29.2 Å². The second-order valence-corrected chi connectivity index (χ2v) is 10.3. The number of hydrogen-bond donors (Lipinski definition) is 1. The molecule has 7 nitrogen and oxygen atoms in total. The van der Waals surface area contributed by atoms with E-state index in [2.05, 4.69) is 13.0 Å². The van der Waals surface area contributed by atoms with Crippen molar-refractivity contribution < 1.29 is 23.7 Å². The van der Waals surface area contributed by atoms with Gasteiger partial charge in [0.25, 0.3) is 0 Å². The lowest BCUT2D eigenvalue weighted by molar-refractivity contribution is -0.136. The van der Waals surface area contributed by atoms with Crippen molar-refractivity contribution in [3.8, 4) is 29.1 Å². The summed E-state index contributed by atoms with van der Waals surface area (Å²) in [5.74, 6) is 0.772. The lowest BCUT2D eigenvalue weighted by Crippen LogP contribution is -2.21. The highest BCUT2D eigenvalue weighted by molar-refractivity contribution is 6.35. The van der Waals surface area contributed by atoms with E-state index in [1.165, 1.54) is 5.56 Å². The number of allylic oxidation sites excluding steroid dienone is 1. The average Bonchev–Trinajstić information content (AvgIpc) is 2.99. The third-order valence-electron chi connectivity index (χ3n) is 6.73. The van der Waals surface area contributed by atoms with Gasteiger partial charge in [-0.15, -0.1) is 0 Å². The zero-order valence-electron chi connectivity index (χ0n) is 22.6. The van der Waals surface area contributed by atoms with Gasteiger partial charge in [0.2, 0.25) is 5.88 Å². The Kier molecular flexibility index (Phi) is 8.87. The van der Waals surface area contributed by atoms with Crippen LogP contribution in [0.2, 0.25) is 10.0 Å². The van der Waals surface area contributed by atoms with Gasteiger partial charge in [-0.2, -0.15) is 5.26 Å². The summed E-state index contributed by atoms with van der Waals surface area (Å²) in [7, 11) is 0. The number of esters is 1. The number of hydrogen-bond acceptors (Lipinski definition) is 7. The number of nitriles is 1. The van der Waals surface area contributed by atoms with E-state index < -0.39 is 11.9 Å². The third kappa shape index (κ3) is 6.63. The van der Waals surface area contributed by atoms with E-state index in [4.69, 9.17) is 47.9 Å². The number of fused-ring (bicyclic) bond motifs is 1. The monoisotopic (exact) mass is 600 g/mol. The van der Waals surface area contributed by atoms with Crippen LogP contribution in [-0.2, 0) is 17.8 Å². The second kappa shape index (κ2) is 12.9. The number of nitrogens with zero attached hydrogens (tertiary/aromatic N) is 1. The minimum atomic E-state index is -0.571. The predicted octanol–water partition coefficient (Wildman–Crippen LogP) is 7.34. The van der Waals surface area contributed by atoms with E-state index in [0.29, 0.717) is 32.9 Å². The van der Waals surface area contributed by atoms with Crippen LogP contribution < -0.4 is 24.7 Å². The fourth-order valence-electron chi connectivity index (χ4n) is 4.52. The Morgan fingerprint density at radius 1 is 0.929 bits per heavy atom. The summed E-state index contributed by atoms with van der Waals surface area (Å²) in [5.41, 5.74) is 9.91. The first kappa shape index (κ1) is 28.9. The first-order valence-electron chi connectivity index (χ1n) is 13.1. The Hall–Kier alpha value is -4.64. The molecule has 9 heteroatoms. The maximum atomic E-state index is 12.4. The van der Waals surface area contributed by atoms with Crippen LogP contribution in [0.3, 0.4) is 0 Å². The summed E-state index contributed by atoms with van der Waals surface area (Å²) >= 11 is 12.2. The summed E-state index contributed by atoms with van der Waals surface area (Å²) in [6.45, 7) is 2.07. The van der Waals surface area contributed by atoms with Crippen LogP contribution in [0.4, 0.5) is 0 Å². The fourth-order valence-corrected chi connectivity index (χ4v) is 4.99. The van der Waals surface area contributed by atoms with Gasteiger partial charge in [0.1, 0.15) is 41.2 Å². The van der Waals surface area contributed by atoms with Gasteiger partial charge in [0.05, 0.1) is 5.92 Å². The summed E-state index contributed by atoms with van der Waals surface area (Å²) in [6, 6.07) is 27.3. The Morgan fingerprint density at radius 3 is 2.31 bits per heavy atom.